The lowest BCUT2D eigenvalue weighted by molar-refractivity contribution is 0.290. The second-order valence-corrected chi connectivity index (χ2v) is 5.62. The third kappa shape index (κ3) is 3.31. The van der Waals surface area contributed by atoms with Crippen molar-refractivity contribution >= 4 is 16.7 Å². The molecule has 0 saturated heterocycles. The first kappa shape index (κ1) is 16.2. The van der Waals surface area contributed by atoms with Gasteiger partial charge in [-0.25, -0.2) is 9.97 Å². The standard InChI is InChI=1S/C19H21N3O2/c1-22(11-6-12-23)19-16-9-3-4-10-17(16)20-18(21-19)14-7-5-8-15(13-14)24-2/h3-5,7-10,13,23H,6,11-12H2,1-2H3. The predicted octanol–water partition coefficient (Wildman–Crippen LogP) is 3.12. The van der Waals surface area contributed by atoms with Crippen molar-refractivity contribution in [2.24, 2.45) is 0 Å². The number of aromatic nitrogens is 2. The summed E-state index contributed by atoms with van der Waals surface area (Å²) < 4.78 is 5.30. The van der Waals surface area contributed by atoms with E-state index < -0.39 is 0 Å². The number of hydrogen-bond acceptors (Lipinski definition) is 5. The van der Waals surface area contributed by atoms with Gasteiger partial charge in [-0.05, 0) is 30.7 Å². The molecule has 0 spiro atoms. The molecule has 24 heavy (non-hydrogen) atoms. The molecule has 0 radical (unpaired) electrons. The summed E-state index contributed by atoms with van der Waals surface area (Å²) in [6.07, 6.45) is 0.698. The number of aliphatic hydroxyl groups excluding tert-OH is 1. The molecule has 3 aromatic rings. The summed E-state index contributed by atoms with van der Waals surface area (Å²) >= 11 is 0. The van der Waals surface area contributed by atoms with E-state index in [2.05, 4.69) is 4.90 Å². The molecule has 1 N–H and O–H groups in total. The molecule has 0 aliphatic heterocycles. The first-order valence-electron chi connectivity index (χ1n) is 7.96. The molecule has 5 nitrogen and oxygen atoms in total. The Morgan fingerprint density at radius 3 is 2.71 bits per heavy atom. The van der Waals surface area contributed by atoms with Crippen LogP contribution in [-0.2, 0) is 0 Å². The number of anilines is 1. The Bertz CT molecular complexity index is 836. The molecule has 124 valence electrons. The van der Waals surface area contributed by atoms with Crippen molar-refractivity contribution in [1.82, 2.24) is 9.97 Å². The van der Waals surface area contributed by atoms with Gasteiger partial charge in [0.2, 0.25) is 0 Å². The molecule has 1 aromatic heterocycles. The van der Waals surface area contributed by atoms with E-state index in [1.807, 2.05) is 55.6 Å². The zero-order valence-corrected chi connectivity index (χ0v) is 13.9. The Balaban J connectivity index is 2.12. The van der Waals surface area contributed by atoms with Crippen LogP contribution in [0.2, 0.25) is 0 Å². The lowest BCUT2D eigenvalue weighted by Crippen LogP contribution is -2.21. The highest BCUT2D eigenvalue weighted by atomic mass is 16.5. The zero-order valence-electron chi connectivity index (χ0n) is 13.9. The largest absolute Gasteiger partial charge is 0.497 e. The summed E-state index contributed by atoms with van der Waals surface area (Å²) in [5.41, 5.74) is 1.81. The Morgan fingerprint density at radius 2 is 1.92 bits per heavy atom. The van der Waals surface area contributed by atoms with Gasteiger partial charge < -0.3 is 14.7 Å². The lowest BCUT2D eigenvalue weighted by Gasteiger charge is -2.20. The van der Waals surface area contributed by atoms with E-state index in [1.54, 1.807) is 7.11 Å². The summed E-state index contributed by atoms with van der Waals surface area (Å²) in [6.45, 7) is 0.894. The van der Waals surface area contributed by atoms with Gasteiger partial charge in [0.25, 0.3) is 0 Å². The molecule has 0 amide bonds. The fourth-order valence-electron chi connectivity index (χ4n) is 2.66. The van der Waals surface area contributed by atoms with E-state index in [-0.39, 0.29) is 6.61 Å². The van der Waals surface area contributed by atoms with Gasteiger partial charge in [0.1, 0.15) is 11.6 Å². The third-order valence-corrected chi connectivity index (χ3v) is 3.92. The Labute approximate surface area is 141 Å². The number of ether oxygens (including phenoxy) is 1. The number of para-hydroxylation sites is 1. The molecule has 2 aromatic carbocycles. The number of nitrogens with zero attached hydrogens (tertiary/aromatic N) is 3. The zero-order chi connectivity index (χ0) is 16.9. The van der Waals surface area contributed by atoms with E-state index in [0.717, 1.165) is 34.6 Å². The fraction of sp³-hybridized carbons (Fsp3) is 0.263. The summed E-state index contributed by atoms with van der Waals surface area (Å²) in [5.74, 6) is 2.31. The van der Waals surface area contributed by atoms with Gasteiger partial charge in [-0.1, -0.05) is 24.3 Å². The van der Waals surface area contributed by atoms with Crippen LogP contribution in [0.3, 0.4) is 0 Å². The minimum atomic E-state index is 0.163. The summed E-state index contributed by atoms with van der Waals surface area (Å²) in [6, 6.07) is 15.7. The van der Waals surface area contributed by atoms with Crippen LogP contribution in [0.1, 0.15) is 6.42 Å². The Hall–Kier alpha value is -2.66. The quantitative estimate of drug-likeness (QED) is 0.755. The third-order valence-electron chi connectivity index (χ3n) is 3.92. The van der Waals surface area contributed by atoms with Crippen LogP contribution in [0, 0.1) is 0 Å². The van der Waals surface area contributed by atoms with Crippen molar-refractivity contribution in [3.05, 3.63) is 48.5 Å². The van der Waals surface area contributed by atoms with Gasteiger partial charge in [0.15, 0.2) is 5.82 Å². The maximum Gasteiger partial charge on any atom is 0.162 e. The monoisotopic (exact) mass is 323 g/mol. The van der Waals surface area contributed by atoms with Crippen LogP contribution >= 0.6 is 0 Å². The molecule has 0 atom stereocenters. The summed E-state index contributed by atoms with van der Waals surface area (Å²) in [7, 11) is 3.63. The second kappa shape index (κ2) is 7.27. The van der Waals surface area contributed by atoms with Gasteiger partial charge in [-0.15, -0.1) is 0 Å². The van der Waals surface area contributed by atoms with Gasteiger partial charge in [0.05, 0.1) is 12.6 Å². The Morgan fingerprint density at radius 1 is 1.08 bits per heavy atom. The molecule has 0 fully saturated rings. The number of aliphatic hydroxyl groups is 1. The first-order chi connectivity index (χ1) is 11.7. The SMILES string of the molecule is COc1cccc(-c2nc(N(C)CCCO)c3ccccc3n2)c1. The fourth-order valence-corrected chi connectivity index (χ4v) is 2.66. The first-order valence-corrected chi connectivity index (χ1v) is 7.96. The summed E-state index contributed by atoms with van der Waals surface area (Å²) in [5, 5.41) is 10.1. The van der Waals surface area contributed by atoms with Crippen LogP contribution < -0.4 is 9.64 Å². The Kier molecular flexibility index (Phi) is 4.91. The van der Waals surface area contributed by atoms with E-state index in [1.165, 1.54) is 0 Å². The summed E-state index contributed by atoms with van der Waals surface area (Å²) in [4.78, 5) is 11.5. The van der Waals surface area contributed by atoms with Crippen LogP contribution in [0.25, 0.3) is 22.3 Å². The molecule has 0 unspecified atom stereocenters. The van der Waals surface area contributed by atoms with Crippen molar-refractivity contribution in [2.45, 2.75) is 6.42 Å². The second-order valence-electron chi connectivity index (χ2n) is 5.62. The van der Waals surface area contributed by atoms with Crippen molar-refractivity contribution < 1.29 is 9.84 Å². The van der Waals surface area contributed by atoms with Gasteiger partial charge in [-0.2, -0.15) is 0 Å². The lowest BCUT2D eigenvalue weighted by atomic mass is 10.1. The maximum absolute atomic E-state index is 9.09. The van der Waals surface area contributed by atoms with Crippen LogP contribution in [0.4, 0.5) is 5.82 Å². The number of benzene rings is 2. The molecule has 5 heteroatoms. The minimum absolute atomic E-state index is 0.163. The van der Waals surface area contributed by atoms with Gasteiger partial charge in [-0.3, -0.25) is 0 Å². The maximum atomic E-state index is 9.09. The van der Waals surface area contributed by atoms with Crippen LogP contribution in [-0.4, -0.2) is 42.4 Å². The molecule has 0 saturated carbocycles. The van der Waals surface area contributed by atoms with Crippen molar-refractivity contribution in [3.8, 4) is 17.1 Å². The van der Waals surface area contributed by atoms with E-state index in [4.69, 9.17) is 19.8 Å². The number of rotatable bonds is 6. The number of methoxy groups -OCH3 is 1. The molecule has 3 rings (SSSR count). The predicted molar refractivity (Wildman–Crippen MR) is 96.5 cm³/mol. The van der Waals surface area contributed by atoms with Crippen molar-refractivity contribution in [2.75, 3.05) is 32.2 Å². The van der Waals surface area contributed by atoms with E-state index in [9.17, 15) is 0 Å². The molecule has 0 bridgehead atoms. The highest BCUT2D eigenvalue weighted by Crippen LogP contribution is 2.28. The average Bonchev–Trinajstić information content (AvgIpc) is 2.65. The van der Waals surface area contributed by atoms with Gasteiger partial charge in [0, 0.05) is 31.1 Å². The van der Waals surface area contributed by atoms with Crippen molar-refractivity contribution in [1.29, 1.82) is 0 Å². The minimum Gasteiger partial charge on any atom is -0.497 e. The molecular formula is C19H21N3O2. The highest BCUT2D eigenvalue weighted by Gasteiger charge is 2.13. The molecular weight excluding hydrogens is 302 g/mol. The molecule has 0 aliphatic rings. The molecule has 1 heterocycles. The molecule has 0 aliphatic carbocycles. The normalized spacial score (nSPS) is 10.8. The topological polar surface area (TPSA) is 58.5 Å². The van der Waals surface area contributed by atoms with Crippen molar-refractivity contribution in [3.63, 3.8) is 0 Å². The highest BCUT2D eigenvalue weighted by molar-refractivity contribution is 5.91. The number of hydrogen-bond donors (Lipinski definition) is 1. The van der Waals surface area contributed by atoms with E-state index >= 15 is 0 Å². The number of fused-ring (bicyclic) bond motifs is 1. The van der Waals surface area contributed by atoms with E-state index in [0.29, 0.717) is 12.2 Å². The van der Waals surface area contributed by atoms with Gasteiger partial charge >= 0.3 is 0 Å². The smallest absolute Gasteiger partial charge is 0.162 e. The van der Waals surface area contributed by atoms with Crippen LogP contribution in [0.15, 0.2) is 48.5 Å². The van der Waals surface area contributed by atoms with Crippen LogP contribution in [0.5, 0.6) is 5.75 Å². The average molecular weight is 323 g/mol.